The van der Waals surface area contributed by atoms with Crippen LogP contribution in [0.15, 0.2) is 39.5 Å². The van der Waals surface area contributed by atoms with Gasteiger partial charge in [0.25, 0.3) is 12.4 Å². The number of rotatable bonds is 4. The molecule has 0 radical (unpaired) electrons. The Morgan fingerprint density at radius 1 is 1.29 bits per heavy atom. The van der Waals surface area contributed by atoms with Gasteiger partial charge in [0.1, 0.15) is 11.3 Å². The SMILES string of the molecule is Cc1cc(C2CCC2)oc(=O)c1C(=O)N(C)CC1Cc2ccccc2CN1C.O=CO. The van der Waals surface area contributed by atoms with E-state index in [9.17, 15) is 9.59 Å². The van der Waals surface area contributed by atoms with Crippen molar-refractivity contribution in [2.75, 3.05) is 20.6 Å². The molecule has 1 aliphatic heterocycles. The highest BCUT2D eigenvalue weighted by Gasteiger charge is 2.29. The molecular formula is C24H30N2O5. The van der Waals surface area contributed by atoms with Crippen LogP contribution in [-0.4, -0.2) is 54.0 Å². The van der Waals surface area contributed by atoms with Crippen LogP contribution in [0.5, 0.6) is 0 Å². The van der Waals surface area contributed by atoms with Crippen LogP contribution in [0.3, 0.4) is 0 Å². The van der Waals surface area contributed by atoms with Crippen LogP contribution in [0.25, 0.3) is 0 Å². The van der Waals surface area contributed by atoms with Gasteiger partial charge in [0.05, 0.1) is 0 Å². The van der Waals surface area contributed by atoms with Gasteiger partial charge in [-0.1, -0.05) is 30.7 Å². The van der Waals surface area contributed by atoms with Crippen LogP contribution in [0.2, 0.25) is 0 Å². The number of fused-ring (bicyclic) bond motifs is 1. The zero-order chi connectivity index (χ0) is 22.5. The Bertz CT molecular complexity index is 996. The molecule has 1 atom stereocenters. The van der Waals surface area contributed by atoms with Crippen LogP contribution in [0, 0.1) is 6.92 Å². The van der Waals surface area contributed by atoms with Gasteiger partial charge in [0.15, 0.2) is 0 Å². The minimum atomic E-state index is -0.499. The van der Waals surface area contributed by atoms with Crippen LogP contribution in [0.4, 0.5) is 0 Å². The van der Waals surface area contributed by atoms with Crippen LogP contribution < -0.4 is 5.63 Å². The van der Waals surface area contributed by atoms with Crippen molar-refractivity contribution in [3.8, 4) is 0 Å². The lowest BCUT2D eigenvalue weighted by atomic mass is 9.83. The molecular weight excluding hydrogens is 396 g/mol. The molecule has 1 unspecified atom stereocenters. The highest BCUT2D eigenvalue weighted by atomic mass is 16.4. The van der Waals surface area contributed by atoms with E-state index in [0.29, 0.717) is 12.5 Å². The summed E-state index contributed by atoms with van der Waals surface area (Å²) in [6, 6.07) is 10.6. The van der Waals surface area contributed by atoms with Gasteiger partial charge < -0.3 is 14.4 Å². The Labute approximate surface area is 182 Å². The third-order valence-electron chi connectivity index (χ3n) is 6.34. The maximum absolute atomic E-state index is 13.0. The standard InChI is InChI=1S/C23H28N2O3.CH2O2/c1-15-11-20(16-9-6-10-16)28-23(27)21(15)22(26)25(3)14-19-12-17-7-4-5-8-18(17)13-24(19)2;2-1-3/h4-5,7-8,11,16,19H,6,9-10,12-14H2,1-3H3;1H,(H,2,3). The van der Waals surface area contributed by atoms with Gasteiger partial charge in [-0.2, -0.15) is 0 Å². The molecule has 2 aliphatic rings. The number of hydrogen-bond acceptors (Lipinski definition) is 5. The number of aryl methyl sites for hydroxylation is 1. The summed E-state index contributed by atoms with van der Waals surface area (Å²) in [6.45, 7) is 3.04. The molecule has 1 aromatic carbocycles. The zero-order valence-corrected chi connectivity index (χ0v) is 18.3. The molecule has 1 aliphatic carbocycles. The Hall–Kier alpha value is -2.93. The van der Waals surface area contributed by atoms with Crippen LogP contribution >= 0.6 is 0 Å². The lowest BCUT2D eigenvalue weighted by Gasteiger charge is -2.36. The quantitative estimate of drug-likeness (QED) is 0.756. The van der Waals surface area contributed by atoms with E-state index < -0.39 is 5.63 Å². The molecule has 4 rings (SSSR count). The highest BCUT2D eigenvalue weighted by Crippen LogP contribution is 2.36. The van der Waals surface area contributed by atoms with E-state index in [1.54, 1.807) is 11.9 Å². The lowest BCUT2D eigenvalue weighted by Crippen LogP contribution is -2.46. The average Bonchev–Trinajstić information content (AvgIpc) is 2.67. The van der Waals surface area contributed by atoms with E-state index >= 15 is 0 Å². The van der Waals surface area contributed by atoms with Crippen molar-refractivity contribution in [2.24, 2.45) is 0 Å². The van der Waals surface area contributed by atoms with Crippen molar-refractivity contribution in [3.63, 3.8) is 0 Å². The molecule has 1 N–H and O–H groups in total. The van der Waals surface area contributed by atoms with Gasteiger partial charge in [-0.05, 0) is 56.0 Å². The first-order valence-corrected chi connectivity index (χ1v) is 10.6. The van der Waals surface area contributed by atoms with Gasteiger partial charge in [0.2, 0.25) is 0 Å². The van der Waals surface area contributed by atoms with Crippen molar-refractivity contribution in [3.05, 3.63) is 68.8 Å². The summed E-state index contributed by atoms with van der Waals surface area (Å²) in [5, 5.41) is 6.89. The predicted octanol–water partition coefficient (Wildman–Crippen LogP) is 3.05. The molecule has 166 valence electrons. The summed E-state index contributed by atoms with van der Waals surface area (Å²) in [5.41, 5.74) is 3.08. The number of benzene rings is 1. The largest absolute Gasteiger partial charge is 0.483 e. The van der Waals surface area contributed by atoms with Crippen LogP contribution in [-0.2, 0) is 17.8 Å². The fourth-order valence-corrected chi connectivity index (χ4v) is 4.30. The molecule has 1 saturated carbocycles. The minimum absolute atomic E-state index is 0.171. The normalized spacial score (nSPS) is 18.2. The molecule has 0 spiro atoms. The number of carbonyl (C=O) groups is 2. The Balaban J connectivity index is 0.000000858. The average molecular weight is 427 g/mol. The topological polar surface area (TPSA) is 91.1 Å². The number of hydrogen-bond donors (Lipinski definition) is 1. The third-order valence-corrected chi connectivity index (χ3v) is 6.34. The van der Waals surface area contributed by atoms with E-state index in [1.807, 2.05) is 13.0 Å². The molecule has 31 heavy (non-hydrogen) atoms. The molecule has 2 heterocycles. The van der Waals surface area contributed by atoms with E-state index in [4.69, 9.17) is 14.3 Å². The molecule has 1 amide bonds. The molecule has 1 fully saturated rings. The van der Waals surface area contributed by atoms with E-state index in [0.717, 1.165) is 37.1 Å². The molecule has 7 heteroatoms. The number of likely N-dealkylation sites (N-methyl/N-ethyl adjacent to an activating group) is 2. The monoisotopic (exact) mass is 426 g/mol. The maximum Gasteiger partial charge on any atom is 0.349 e. The third kappa shape index (κ3) is 5.05. The molecule has 1 aromatic heterocycles. The molecule has 2 aromatic rings. The van der Waals surface area contributed by atoms with Gasteiger partial charge in [0, 0.05) is 32.1 Å². The summed E-state index contributed by atoms with van der Waals surface area (Å²) in [6.07, 6.45) is 4.20. The minimum Gasteiger partial charge on any atom is -0.483 e. The Morgan fingerprint density at radius 3 is 2.52 bits per heavy atom. The van der Waals surface area contributed by atoms with Crippen LogP contribution in [0.1, 0.15) is 58.0 Å². The second-order valence-corrected chi connectivity index (χ2v) is 8.45. The number of amides is 1. The van der Waals surface area contributed by atoms with Crippen molar-refractivity contribution >= 4 is 12.4 Å². The molecule has 7 nitrogen and oxygen atoms in total. The first-order valence-electron chi connectivity index (χ1n) is 10.6. The predicted molar refractivity (Wildman–Crippen MR) is 117 cm³/mol. The lowest BCUT2D eigenvalue weighted by molar-refractivity contribution is -0.122. The number of nitrogens with zero attached hydrogens (tertiary/aromatic N) is 2. The van der Waals surface area contributed by atoms with Crippen molar-refractivity contribution in [1.29, 1.82) is 0 Å². The van der Waals surface area contributed by atoms with E-state index in [2.05, 4.69) is 36.2 Å². The van der Waals surface area contributed by atoms with E-state index in [-0.39, 0.29) is 24.0 Å². The fraction of sp³-hybridized carbons (Fsp3) is 0.458. The zero-order valence-electron chi connectivity index (χ0n) is 18.3. The fourth-order valence-electron chi connectivity index (χ4n) is 4.30. The Kier molecular flexibility index (Phi) is 7.28. The molecule has 0 bridgehead atoms. The summed E-state index contributed by atoms with van der Waals surface area (Å²) in [4.78, 5) is 37.9. The first kappa shape index (κ1) is 22.7. The summed E-state index contributed by atoms with van der Waals surface area (Å²) < 4.78 is 5.51. The maximum atomic E-state index is 13.0. The van der Waals surface area contributed by atoms with Gasteiger partial charge >= 0.3 is 5.63 Å². The number of carbonyl (C=O) groups excluding carboxylic acids is 1. The van der Waals surface area contributed by atoms with Gasteiger partial charge in [-0.3, -0.25) is 14.5 Å². The highest BCUT2D eigenvalue weighted by molar-refractivity contribution is 5.95. The van der Waals surface area contributed by atoms with Crippen molar-refractivity contribution < 1.29 is 19.1 Å². The second-order valence-electron chi connectivity index (χ2n) is 8.45. The second kappa shape index (κ2) is 9.92. The molecule has 0 saturated heterocycles. The number of carboxylic acid groups (broad SMARTS) is 1. The van der Waals surface area contributed by atoms with Crippen molar-refractivity contribution in [1.82, 2.24) is 9.80 Å². The smallest absolute Gasteiger partial charge is 0.349 e. The Morgan fingerprint density at radius 2 is 1.94 bits per heavy atom. The summed E-state index contributed by atoms with van der Waals surface area (Å²) >= 11 is 0. The summed E-state index contributed by atoms with van der Waals surface area (Å²) in [7, 11) is 3.86. The summed E-state index contributed by atoms with van der Waals surface area (Å²) in [5.74, 6) is 0.819. The van der Waals surface area contributed by atoms with E-state index in [1.165, 1.54) is 17.5 Å². The van der Waals surface area contributed by atoms with Gasteiger partial charge in [-0.25, -0.2) is 4.79 Å². The van der Waals surface area contributed by atoms with Gasteiger partial charge in [-0.15, -0.1) is 0 Å². The first-order chi connectivity index (χ1) is 14.8. The van der Waals surface area contributed by atoms with Crippen molar-refractivity contribution in [2.45, 2.75) is 51.1 Å².